The summed E-state index contributed by atoms with van der Waals surface area (Å²) < 4.78 is 10.2. The quantitative estimate of drug-likeness (QED) is 0.757. The Labute approximate surface area is 114 Å². The third-order valence-electron chi connectivity index (χ3n) is 3.10. The van der Waals surface area contributed by atoms with Gasteiger partial charge >= 0.3 is 0 Å². The Morgan fingerprint density at radius 3 is 2.80 bits per heavy atom. The number of phenols is 1. The molecule has 0 saturated carbocycles. The van der Waals surface area contributed by atoms with Crippen LogP contribution in [0.2, 0.25) is 0 Å². The molecule has 1 aromatic heterocycles. The number of nitrogens with two attached hydrogens (primary N) is 1. The number of methoxy groups -OCH3 is 1. The van der Waals surface area contributed by atoms with Crippen molar-refractivity contribution in [2.45, 2.75) is 6.54 Å². The predicted octanol–water partition coefficient (Wildman–Crippen LogP) is 2.06. The fourth-order valence-electron chi connectivity index (χ4n) is 2.12. The molecule has 0 aliphatic heterocycles. The molecule has 102 valence electrons. The molecule has 0 spiro atoms. The second-order valence-electron chi connectivity index (χ2n) is 4.23. The number of fused-ring (bicyclic) bond motifs is 1. The molecule has 0 aliphatic rings. The highest BCUT2D eigenvalue weighted by Crippen LogP contribution is 2.37. The molecule has 2 aromatic carbocycles. The monoisotopic (exact) mass is 271 g/mol. The number of aromatic nitrogens is 2. The Kier molecular flexibility index (Phi) is 3.00. The van der Waals surface area contributed by atoms with Gasteiger partial charge in [-0.2, -0.15) is 4.98 Å². The van der Waals surface area contributed by atoms with Crippen molar-refractivity contribution in [1.29, 1.82) is 0 Å². The minimum atomic E-state index is 0.0887. The molecular formula is C14H13N3O3. The number of hydrogen-bond acceptors (Lipinski definition) is 6. The van der Waals surface area contributed by atoms with Gasteiger partial charge in [0.05, 0.1) is 19.2 Å². The molecule has 0 radical (unpaired) electrons. The van der Waals surface area contributed by atoms with Crippen molar-refractivity contribution >= 4 is 10.8 Å². The lowest BCUT2D eigenvalue weighted by molar-refractivity contribution is 0.380. The fraction of sp³-hybridized carbons (Fsp3) is 0.143. The second-order valence-corrected chi connectivity index (χ2v) is 4.23. The molecule has 20 heavy (non-hydrogen) atoms. The van der Waals surface area contributed by atoms with Crippen LogP contribution in [0.4, 0.5) is 0 Å². The average molecular weight is 271 g/mol. The lowest BCUT2D eigenvalue weighted by Crippen LogP contribution is -1.95. The van der Waals surface area contributed by atoms with Crippen LogP contribution in [0.3, 0.4) is 0 Å². The van der Waals surface area contributed by atoms with E-state index >= 15 is 0 Å². The van der Waals surface area contributed by atoms with E-state index in [9.17, 15) is 5.11 Å². The molecule has 0 atom stereocenters. The van der Waals surface area contributed by atoms with Gasteiger partial charge in [0.2, 0.25) is 11.7 Å². The molecule has 0 amide bonds. The van der Waals surface area contributed by atoms with Gasteiger partial charge in [-0.3, -0.25) is 0 Å². The topological polar surface area (TPSA) is 94.4 Å². The highest BCUT2D eigenvalue weighted by Gasteiger charge is 2.15. The highest BCUT2D eigenvalue weighted by molar-refractivity contribution is 5.97. The van der Waals surface area contributed by atoms with Gasteiger partial charge in [0.1, 0.15) is 11.5 Å². The van der Waals surface area contributed by atoms with Crippen LogP contribution in [0.5, 0.6) is 11.5 Å². The number of aromatic hydroxyl groups is 1. The number of phenolic OH excluding ortho intramolecular Hbond substituents is 1. The van der Waals surface area contributed by atoms with Gasteiger partial charge in [-0.1, -0.05) is 17.3 Å². The van der Waals surface area contributed by atoms with Gasteiger partial charge in [-0.05, 0) is 18.2 Å². The van der Waals surface area contributed by atoms with E-state index in [0.29, 0.717) is 28.4 Å². The van der Waals surface area contributed by atoms with E-state index in [1.165, 1.54) is 0 Å². The summed E-state index contributed by atoms with van der Waals surface area (Å²) in [7, 11) is 1.59. The Balaban J connectivity index is 2.21. The van der Waals surface area contributed by atoms with E-state index in [1.807, 2.05) is 18.2 Å². The molecule has 3 rings (SSSR count). The number of ether oxygens (including phenoxy) is 1. The van der Waals surface area contributed by atoms with E-state index in [-0.39, 0.29) is 12.3 Å². The largest absolute Gasteiger partial charge is 0.507 e. The van der Waals surface area contributed by atoms with Crippen molar-refractivity contribution in [3.63, 3.8) is 0 Å². The van der Waals surface area contributed by atoms with Crippen molar-refractivity contribution < 1.29 is 14.4 Å². The summed E-state index contributed by atoms with van der Waals surface area (Å²) in [5, 5.41) is 15.7. The third kappa shape index (κ3) is 1.86. The van der Waals surface area contributed by atoms with Crippen LogP contribution < -0.4 is 10.5 Å². The summed E-state index contributed by atoms with van der Waals surface area (Å²) in [5.74, 6) is 1.42. The Bertz CT molecular complexity index is 767. The summed E-state index contributed by atoms with van der Waals surface area (Å²) in [6.45, 7) is 0.162. The first kappa shape index (κ1) is 12.4. The van der Waals surface area contributed by atoms with Gasteiger partial charge in [-0.25, -0.2) is 0 Å². The van der Waals surface area contributed by atoms with Crippen molar-refractivity contribution in [3.8, 4) is 22.9 Å². The maximum atomic E-state index is 10.4. The number of benzene rings is 2. The number of hydrogen-bond donors (Lipinski definition) is 2. The van der Waals surface area contributed by atoms with Gasteiger partial charge in [-0.15, -0.1) is 0 Å². The number of rotatable bonds is 3. The zero-order valence-electron chi connectivity index (χ0n) is 10.8. The van der Waals surface area contributed by atoms with Gasteiger partial charge in [0.25, 0.3) is 0 Å². The van der Waals surface area contributed by atoms with Crippen LogP contribution >= 0.6 is 0 Å². The molecular weight excluding hydrogens is 258 g/mol. The van der Waals surface area contributed by atoms with Crippen molar-refractivity contribution in [2.24, 2.45) is 5.73 Å². The molecule has 0 fully saturated rings. The average Bonchev–Trinajstić information content (AvgIpc) is 2.96. The molecule has 1 heterocycles. The van der Waals surface area contributed by atoms with Gasteiger partial charge in [0, 0.05) is 10.8 Å². The van der Waals surface area contributed by atoms with Gasteiger partial charge < -0.3 is 20.1 Å². The molecule has 0 bridgehead atoms. The van der Waals surface area contributed by atoms with E-state index in [4.69, 9.17) is 15.0 Å². The summed E-state index contributed by atoms with van der Waals surface area (Å²) in [5.41, 5.74) is 5.93. The third-order valence-corrected chi connectivity index (χ3v) is 3.10. The highest BCUT2D eigenvalue weighted by atomic mass is 16.5. The van der Waals surface area contributed by atoms with Crippen molar-refractivity contribution in [2.75, 3.05) is 7.11 Å². The first-order valence-electron chi connectivity index (χ1n) is 6.06. The van der Waals surface area contributed by atoms with Crippen LogP contribution in [0.25, 0.3) is 22.2 Å². The van der Waals surface area contributed by atoms with Crippen LogP contribution in [0.1, 0.15) is 5.89 Å². The molecule has 6 heteroatoms. The fourth-order valence-corrected chi connectivity index (χ4v) is 2.12. The summed E-state index contributed by atoms with van der Waals surface area (Å²) in [4.78, 5) is 4.12. The van der Waals surface area contributed by atoms with Crippen LogP contribution in [0.15, 0.2) is 34.9 Å². The number of nitrogens with zero attached hydrogens (tertiary/aromatic N) is 2. The maximum absolute atomic E-state index is 10.4. The first-order chi connectivity index (χ1) is 9.74. The predicted molar refractivity (Wildman–Crippen MR) is 73.3 cm³/mol. The molecule has 0 unspecified atom stereocenters. The second kappa shape index (κ2) is 4.82. The van der Waals surface area contributed by atoms with E-state index in [0.717, 1.165) is 5.39 Å². The van der Waals surface area contributed by atoms with E-state index in [2.05, 4.69) is 10.1 Å². The van der Waals surface area contributed by atoms with Crippen molar-refractivity contribution in [1.82, 2.24) is 10.1 Å². The lowest BCUT2D eigenvalue weighted by Gasteiger charge is -2.08. The summed E-state index contributed by atoms with van der Waals surface area (Å²) in [6, 6.07) is 9.03. The minimum Gasteiger partial charge on any atom is -0.507 e. The summed E-state index contributed by atoms with van der Waals surface area (Å²) >= 11 is 0. The van der Waals surface area contributed by atoms with Crippen molar-refractivity contribution in [3.05, 3.63) is 36.2 Å². The molecule has 3 N–H and O–H groups in total. The zero-order chi connectivity index (χ0) is 14.1. The normalized spacial score (nSPS) is 10.9. The van der Waals surface area contributed by atoms with E-state index in [1.54, 1.807) is 19.2 Å². The van der Waals surface area contributed by atoms with E-state index < -0.39 is 0 Å². The molecule has 0 saturated heterocycles. The maximum Gasteiger partial charge on any atom is 0.240 e. The Hall–Kier alpha value is -2.60. The smallest absolute Gasteiger partial charge is 0.240 e. The van der Waals surface area contributed by atoms with Gasteiger partial charge in [0.15, 0.2) is 0 Å². The Morgan fingerprint density at radius 1 is 1.25 bits per heavy atom. The van der Waals surface area contributed by atoms with Crippen LogP contribution in [-0.2, 0) is 6.54 Å². The first-order valence-corrected chi connectivity index (χ1v) is 6.06. The van der Waals surface area contributed by atoms with Crippen LogP contribution in [0, 0.1) is 0 Å². The Morgan fingerprint density at radius 2 is 2.10 bits per heavy atom. The SMILES string of the molecule is COc1cccc2c(O)c(-c3noc(CN)n3)ccc12. The minimum absolute atomic E-state index is 0.0887. The zero-order valence-corrected chi connectivity index (χ0v) is 10.8. The van der Waals surface area contributed by atoms with Crippen LogP contribution in [-0.4, -0.2) is 22.4 Å². The molecule has 3 aromatic rings. The molecule has 0 aliphatic carbocycles. The lowest BCUT2D eigenvalue weighted by atomic mass is 10.0. The molecule has 6 nitrogen and oxygen atoms in total. The standard InChI is InChI=1S/C14H13N3O3/c1-19-11-4-2-3-9-8(11)5-6-10(13(9)18)14-16-12(7-15)20-17-14/h2-6,18H,7,15H2,1H3. The summed E-state index contributed by atoms with van der Waals surface area (Å²) in [6.07, 6.45) is 0.